The third kappa shape index (κ3) is 4.86. The molecule has 14 heteroatoms. The van der Waals surface area contributed by atoms with Crippen molar-refractivity contribution in [2.45, 2.75) is 18.9 Å². The molecule has 0 amide bonds. The van der Waals surface area contributed by atoms with Gasteiger partial charge in [-0.25, -0.2) is 23.1 Å². The maximum atomic E-state index is 14.1. The van der Waals surface area contributed by atoms with Gasteiger partial charge in [0.15, 0.2) is 5.65 Å². The summed E-state index contributed by atoms with van der Waals surface area (Å²) in [6, 6.07) is 16.3. The zero-order valence-electron chi connectivity index (χ0n) is 23.6. The third-order valence-corrected chi connectivity index (χ3v) is 9.58. The monoisotopic (exact) mass is 647 g/mol. The molecule has 0 radical (unpaired) electrons. The molecule has 1 aliphatic carbocycles. The van der Waals surface area contributed by atoms with Crippen molar-refractivity contribution >= 4 is 60.3 Å². The lowest BCUT2D eigenvalue weighted by Gasteiger charge is -2.22. The molecule has 0 saturated heterocycles. The first-order chi connectivity index (χ1) is 21.1. The molecule has 44 heavy (non-hydrogen) atoms. The topological polar surface area (TPSA) is 146 Å². The minimum atomic E-state index is -3.60. The number of aromatic nitrogens is 5. The second-order valence-corrected chi connectivity index (χ2v) is 13.7. The predicted octanol–water partition coefficient (Wildman–Crippen LogP) is 5.45. The first kappa shape index (κ1) is 28.3. The molecule has 1 aliphatic rings. The molecule has 3 N–H and O–H groups in total. The lowest BCUT2D eigenvalue weighted by molar-refractivity contribution is 0.417. The Morgan fingerprint density at radius 3 is 2.59 bits per heavy atom. The molecule has 0 spiro atoms. The number of sulfonamides is 1. The highest BCUT2D eigenvalue weighted by molar-refractivity contribution is 7.92. The van der Waals surface area contributed by atoms with Crippen molar-refractivity contribution in [3.8, 4) is 28.1 Å². The second kappa shape index (κ2) is 10.6. The number of nitrogen functional groups attached to an aromatic ring is 1. The molecule has 1 atom stereocenters. The van der Waals surface area contributed by atoms with Crippen LogP contribution in [0, 0.1) is 5.92 Å². The zero-order valence-corrected chi connectivity index (χ0v) is 25.9. The number of ether oxygens (including phenoxy) is 1. The van der Waals surface area contributed by atoms with E-state index in [-0.39, 0.29) is 29.0 Å². The summed E-state index contributed by atoms with van der Waals surface area (Å²) >= 11 is 7.87. The van der Waals surface area contributed by atoms with Crippen LogP contribution in [-0.4, -0.2) is 45.9 Å². The largest absolute Gasteiger partial charge is 0.495 e. The van der Waals surface area contributed by atoms with E-state index in [0.29, 0.717) is 38.8 Å². The predicted molar refractivity (Wildman–Crippen MR) is 173 cm³/mol. The van der Waals surface area contributed by atoms with E-state index in [0.717, 1.165) is 35.1 Å². The van der Waals surface area contributed by atoms with E-state index in [1.54, 1.807) is 23.6 Å². The van der Waals surface area contributed by atoms with Crippen LogP contribution in [0.15, 0.2) is 71.1 Å². The summed E-state index contributed by atoms with van der Waals surface area (Å²) in [5.41, 5.74) is 10.2. The minimum absolute atomic E-state index is 0.181. The summed E-state index contributed by atoms with van der Waals surface area (Å²) in [6.45, 7) is 0. The molecular weight excluding hydrogens is 622 g/mol. The number of nitrogens with one attached hydrogen (secondary N) is 1. The molecule has 6 aromatic rings. The van der Waals surface area contributed by atoms with Crippen LogP contribution in [-0.2, 0) is 10.0 Å². The Hall–Kier alpha value is -4.46. The lowest BCUT2D eigenvalue weighted by Crippen LogP contribution is -2.23. The highest BCUT2D eigenvalue weighted by Crippen LogP contribution is 2.48. The van der Waals surface area contributed by atoms with E-state index < -0.39 is 10.0 Å². The molecule has 7 rings (SSSR count). The van der Waals surface area contributed by atoms with Crippen LogP contribution in [0.4, 0.5) is 11.5 Å². The van der Waals surface area contributed by atoms with Crippen molar-refractivity contribution in [1.29, 1.82) is 0 Å². The standard InChI is InChI=1S/C30H26ClN7O4S2/c1-42-21-11-10-18(12-20(21)36-44(2,40)41)26-25-28(32)33-15-34-29(25)38(35-26)27(17-8-9-17)19-13-23-37(22(31)14-43-23)30(39)24(19)16-6-4-3-5-7-16/h3-7,10-15,17,27,36H,8-9H2,1-2H3,(H2,32,33,34). The normalized spacial score (nSPS) is 14.2. The zero-order chi connectivity index (χ0) is 30.7. The highest BCUT2D eigenvalue weighted by atomic mass is 35.5. The van der Waals surface area contributed by atoms with Crippen molar-refractivity contribution in [3.63, 3.8) is 0 Å². The Balaban J connectivity index is 1.50. The first-order valence-electron chi connectivity index (χ1n) is 13.7. The molecule has 1 fully saturated rings. The number of nitrogens with zero attached hydrogens (tertiary/aromatic N) is 5. The fourth-order valence-electron chi connectivity index (χ4n) is 5.71. The van der Waals surface area contributed by atoms with Crippen LogP contribution < -0.4 is 20.8 Å². The van der Waals surface area contributed by atoms with Gasteiger partial charge in [0, 0.05) is 10.9 Å². The van der Waals surface area contributed by atoms with Gasteiger partial charge in [0.25, 0.3) is 5.56 Å². The summed E-state index contributed by atoms with van der Waals surface area (Å²) < 4.78 is 35.5. The van der Waals surface area contributed by atoms with Crippen LogP contribution in [0.2, 0.25) is 5.15 Å². The van der Waals surface area contributed by atoms with Crippen LogP contribution >= 0.6 is 22.9 Å². The average Bonchev–Trinajstić information content (AvgIpc) is 3.65. The summed E-state index contributed by atoms with van der Waals surface area (Å²) in [5.74, 6) is 0.752. The highest BCUT2D eigenvalue weighted by Gasteiger charge is 2.39. The fraction of sp³-hybridized carbons (Fsp3) is 0.200. The number of benzene rings is 2. The minimum Gasteiger partial charge on any atom is -0.495 e. The van der Waals surface area contributed by atoms with Crippen LogP contribution in [0.5, 0.6) is 5.75 Å². The van der Waals surface area contributed by atoms with Crippen LogP contribution in [0.1, 0.15) is 24.4 Å². The van der Waals surface area contributed by atoms with Gasteiger partial charge in [-0.3, -0.25) is 13.9 Å². The summed E-state index contributed by atoms with van der Waals surface area (Å²) in [5, 5.41) is 7.71. The molecule has 2 aromatic carbocycles. The molecule has 0 bridgehead atoms. The van der Waals surface area contributed by atoms with Crippen LogP contribution in [0.25, 0.3) is 38.2 Å². The van der Waals surface area contributed by atoms with Gasteiger partial charge in [0.1, 0.15) is 33.6 Å². The number of halogens is 1. The van der Waals surface area contributed by atoms with E-state index in [1.165, 1.54) is 29.2 Å². The Morgan fingerprint density at radius 2 is 1.89 bits per heavy atom. The van der Waals surface area contributed by atoms with Gasteiger partial charge in [0.05, 0.1) is 36.0 Å². The molecule has 224 valence electrons. The van der Waals surface area contributed by atoms with E-state index in [9.17, 15) is 13.2 Å². The maximum absolute atomic E-state index is 14.1. The number of anilines is 2. The quantitative estimate of drug-likeness (QED) is 0.222. The van der Waals surface area contributed by atoms with Crippen molar-refractivity contribution in [3.05, 3.63) is 87.4 Å². The van der Waals surface area contributed by atoms with Gasteiger partial charge in [-0.05, 0) is 54.2 Å². The third-order valence-electron chi connectivity index (χ3n) is 7.70. The Bertz CT molecular complexity index is 2240. The first-order valence-corrected chi connectivity index (χ1v) is 16.8. The van der Waals surface area contributed by atoms with Gasteiger partial charge >= 0.3 is 0 Å². The van der Waals surface area contributed by atoms with Gasteiger partial charge < -0.3 is 10.5 Å². The van der Waals surface area contributed by atoms with Crippen molar-refractivity contribution < 1.29 is 13.2 Å². The van der Waals surface area contributed by atoms with Crippen LogP contribution in [0.3, 0.4) is 0 Å². The number of nitrogens with two attached hydrogens (primary N) is 1. The SMILES string of the molecule is COc1ccc(-c2nn(C(c3cc4scc(Cl)n4c(=O)c3-c3ccccc3)C3CC3)c3ncnc(N)c23)cc1NS(C)(=O)=O. The molecule has 4 aromatic heterocycles. The molecule has 4 heterocycles. The van der Waals surface area contributed by atoms with E-state index in [2.05, 4.69) is 14.7 Å². The number of thiazole rings is 1. The van der Waals surface area contributed by atoms with Gasteiger partial charge in [-0.1, -0.05) is 41.9 Å². The molecule has 0 aliphatic heterocycles. The summed E-state index contributed by atoms with van der Waals surface area (Å²) in [4.78, 5) is 23.7. The van der Waals surface area contributed by atoms with Crippen molar-refractivity contribution in [2.75, 3.05) is 23.8 Å². The van der Waals surface area contributed by atoms with Gasteiger partial charge in [-0.15, -0.1) is 11.3 Å². The van der Waals surface area contributed by atoms with Gasteiger partial charge in [0.2, 0.25) is 10.0 Å². The molecule has 1 saturated carbocycles. The lowest BCUT2D eigenvalue weighted by atomic mass is 9.94. The maximum Gasteiger partial charge on any atom is 0.265 e. The molecule has 1 unspecified atom stereocenters. The molecule has 11 nitrogen and oxygen atoms in total. The Kier molecular flexibility index (Phi) is 6.83. The Morgan fingerprint density at radius 1 is 1.11 bits per heavy atom. The Labute approximate surface area is 261 Å². The van der Waals surface area contributed by atoms with E-state index in [1.807, 2.05) is 41.1 Å². The average molecular weight is 648 g/mol. The molecular formula is C30H26ClN7O4S2. The number of hydrogen-bond donors (Lipinski definition) is 2. The summed E-state index contributed by atoms with van der Waals surface area (Å²) in [6.07, 6.45) is 4.33. The number of fused-ring (bicyclic) bond motifs is 2. The fourth-order valence-corrected chi connectivity index (χ4v) is 7.42. The van der Waals surface area contributed by atoms with Crippen molar-refractivity contribution in [1.82, 2.24) is 24.1 Å². The van der Waals surface area contributed by atoms with E-state index >= 15 is 0 Å². The number of pyridine rings is 1. The number of methoxy groups -OCH3 is 1. The van der Waals surface area contributed by atoms with Crippen molar-refractivity contribution in [2.24, 2.45) is 5.92 Å². The van der Waals surface area contributed by atoms with E-state index in [4.69, 9.17) is 27.2 Å². The number of hydrogen-bond acceptors (Lipinski definition) is 9. The summed E-state index contributed by atoms with van der Waals surface area (Å²) in [7, 11) is -2.14. The smallest absolute Gasteiger partial charge is 0.265 e. The number of rotatable bonds is 8. The second-order valence-electron chi connectivity index (χ2n) is 10.7. The van der Waals surface area contributed by atoms with Gasteiger partial charge in [-0.2, -0.15) is 5.10 Å².